The van der Waals surface area contributed by atoms with E-state index in [-0.39, 0.29) is 11.9 Å². The van der Waals surface area contributed by atoms with Gasteiger partial charge in [-0.1, -0.05) is 29.8 Å². The number of nitrogens with one attached hydrogen (secondary N) is 1. The van der Waals surface area contributed by atoms with Crippen molar-refractivity contribution >= 4 is 17.5 Å². The molecular weight excluding hydrogens is 272 g/mol. The van der Waals surface area contributed by atoms with Crippen molar-refractivity contribution in [1.82, 2.24) is 10.2 Å². The van der Waals surface area contributed by atoms with Crippen molar-refractivity contribution in [3.05, 3.63) is 47.5 Å². The van der Waals surface area contributed by atoms with Crippen LogP contribution < -0.4 is 5.32 Å². The van der Waals surface area contributed by atoms with E-state index in [1.807, 2.05) is 12.1 Å². The van der Waals surface area contributed by atoms with Gasteiger partial charge in [0.15, 0.2) is 0 Å². The second kappa shape index (κ2) is 7.46. The molecule has 108 valence electrons. The minimum Gasteiger partial charge on any atom is -0.352 e. The molecule has 1 aliphatic rings. The number of carbonyl (C=O) groups is 1. The van der Waals surface area contributed by atoms with E-state index in [1.54, 1.807) is 6.08 Å². The lowest BCUT2D eigenvalue weighted by Crippen LogP contribution is -2.47. The molecule has 2 rings (SSSR count). The van der Waals surface area contributed by atoms with Crippen LogP contribution in [0.25, 0.3) is 0 Å². The van der Waals surface area contributed by atoms with E-state index in [0.29, 0.717) is 6.42 Å². The average Bonchev–Trinajstić information content (AvgIpc) is 2.42. The third kappa shape index (κ3) is 4.66. The van der Waals surface area contributed by atoms with Crippen LogP contribution in [0.2, 0.25) is 5.02 Å². The molecule has 1 N–H and O–H groups in total. The Morgan fingerprint density at radius 1 is 1.45 bits per heavy atom. The topological polar surface area (TPSA) is 32.3 Å². The smallest absolute Gasteiger partial charge is 0.224 e. The monoisotopic (exact) mass is 292 g/mol. The maximum atomic E-state index is 11.6. The molecule has 0 radical (unpaired) electrons. The zero-order chi connectivity index (χ0) is 14.4. The van der Waals surface area contributed by atoms with E-state index in [9.17, 15) is 4.79 Å². The number of carbonyl (C=O) groups excluding carboxylic acids is 1. The molecule has 0 unspecified atom stereocenters. The average molecular weight is 293 g/mol. The van der Waals surface area contributed by atoms with Gasteiger partial charge in [-0.2, -0.15) is 0 Å². The van der Waals surface area contributed by atoms with Crippen molar-refractivity contribution in [1.29, 1.82) is 0 Å². The van der Waals surface area contributed by atoms with Crippen LogP contribution in [0.3, 0.4) is 0 Å². The molecule has 3 nitrogen and oxygen atoms in total. The Morgan fingerprint density at radius 3 is 2.90 bits per heavy atom. The number of rotatable bonds is 5. The van der Waals surface area contributed by atoms with Gasteiger partial charge in [0.05, 0.1) is 0 Å². The fourth-order valence-electron chi connectivity index (χ4n) is 2.58. The summed E-state index contributed by atoms with van der Waals surface area (Å²) in [7, 11) is 0. The summed E-state index contributed by atoms with van der Waals surface area (Å²) in [5, 5.41) is 3.84. The third-order valence-electron chi connectivity index (χ3n) is 3.52. The van der Waals surface area contributed by atoms with E-state index < -0.39 is 0 Å². The number of amides is 1. The first-order chi connectivity index (χ1) is 9.67. The first kappa shape index (κ1) is 15.1. The quantitative estimate of drug-likeness (QED) is 0.846. The number of hydrogen-bond acceptors (Lipinski definition) is 2. The molecule has 1 aliphatic heterocycles. The molecule has 1 amide bonds. The number of piperidine rings is 1. The molecule has 1 saturated heterocycles. The Bertz CT molecular complexity index is 458. The molecule has 1 aromatic rings. The molecule has 0 saturated carbocycles. The van der Waals surface area contributed by atoms with Gasteiger partial charge >= 0.3 is 0 Å². The fraction of sp³-hybridized carbons (Fsp3) is 0.438. The predicted octanol–water partition coefficient (Wildman–Crippen LogP) is 3.00. The van der Waals surface area contributed by atoms with E-state index in [2.05, 4.69) is 28.9 Å². The van der Waals surface area contributed by atoms with Gasteiger partial charge in [-0.3, -0.25) is 9.69 Å². The summed E-state index contributed by atoms with van der Waals surface area (Å²) < 4.78 is 0. The van der Waals surface area contributed by atoms with Crippen LogP contribution in [0.5, 0.6) is 0 Å². The zero-order valence-corrected chi connectivity index (χ0v) is 12.4. The number of likely N-dealkylation sites (tertiary alicyclic amines) is 1. The van der Waals surface area contributed by atoms with Crippen LogP contribution in [0.1, 0.15) is 24.8 Å². The van der Waals surface area contributed by atoms with Gasteiger partial charge in [0, 0.05) is 30.6 Å². The Kier molecular flexibility index (Phi) is 5.62. The van der Waals surface area contributed by atoms with Crippen LogP contribution in [0.4, 0.5) is 0 Å². The van der Waals surface area contributed by atoms with Crippen LogP contribution in [-0.4, -0.2) is 29.9 Å². The van der Waals surface area contributed by atoms with Gasteiger partial charge in [-0.15, -0.1) is 6.58 Å². The Labute approximate surface area is 125 Å². The van der Waals surface area contributed by atoms with Gasteiger partial charge in [0.2, 0.25) is 5.91 Å². The van der Waals surface area contributed by atoms with Crippen molar-refractivity contribution < 1.29 is 4.79 Å². The molecule has 4 heteroatoms. The van der Waals surface area contributed by atoms with Gasteiger partial charge in [0.25, 0.3) is 0 Å². The summed E-state index contributed by atoms with van der Waals surface area (Å²) in [6.07, 6.45) is 4.21. The summed E-state index contributed by atoms with van der Waals surface area (Å²) >= 11 is 5.90. The van der Waals surface area contributed by atoms with Crippen molar-refractivity contribution in [2.24, 2.45) is 0 Å². The van der Waals surface area contributed by atoms with Crippen molar-refractivity contribution in [2.75, 3.05) is 13.1 Å². The van der Waals surface area contributed by atoms with E-state index in [1.165, 1.54) is 5.56 Å². The Morgan fingerprint density at radius 2 is 2.20 bits per heavy atom. The second-order valence-corrected chi connectivity index (χ2v) is 5.70. The summed E-state index contributed by atoms with van der Waals surface area (Å²) in [5.74, 6) is 0.0679. The molecule has 0 aliphatic carbocycles. The van der Waals surface area contributed by atoms with E-state index in [0.717, 1.165) is 37.5 Å². The SMILES string of the molecule is C=CCC(=O)N[C@H]1CCCN(Cc2ccc(Cl)cc2)C1. The molecule has 1 aromatic carbocycles. The lowest BCUT2D eigenvalue weighted by Gasteiger charge is -2.33. The first-order valence-electron chi connectivity index (χ1n) is 7.04. The molecule has 0 bridgehead atoms. The standard InChI is InChI=1S/C16H21ClN2O/c1-2-4-16(20)18-15-5-3-10-19(12-15)11-13-6-8-14(17)9-7-13/h2,6-9,15H,1,3-5,10-12H2,(H,18,20)/t15-/m0/s1. The maximum absolute atomic E-state index is 11.6. The van der Waals surface area contributed by atoms with Crippen LogP contribution in [0, 0.1) is 0 Å². The number of hydrogen-bond donors (Lipinski definition) is 1. The minimum absolute atomic E-state index is 0.0679. The highest BCUT2D eigenvalue weighted by Gasteiger charge is 2.20. The van der Waals surface area contributed by atoms with Crippen molar-refractivity contribution in [2.45, 2.75) is 31.8 Å². The molecule has 0 aromatic heterocycles. The highest BCUT2D eigenvalue weighted by atomic mass is 35.5. The molecule has 20 heavy (non-hydrogen) atoms. The summed E-state index contributed by atoms with van der Waals surface area (Å²) in [5.41, 5.74) is 1.26. The predicted molar refractivity (Wildman–Crippen MR) is 82.7 cm³/mol. The van der Waals surface area contributed by atoms with Gasteiger partial charge in [-0.05, 0) is 37.1 Å². The van der Waals surface area contributed by atoms with Gasteiger partial charge in [-0.25, -0.2) is 0 Å². The summed E-state index contributed by atoms with van der Waals surface area (Å²) in [6, 6.07) is 8.21. The minimum atomic E-state index is 0.0679. The van der Waals surface area contributed by atoms with Crippen LogP contribution in [-0.2, 0) is 11.3 Å². The molecular formula is C16H21ClN2O. The van der Waals surface area contributed by atoms with Gasteiger partial charge in [0.1, 0.15) is 0 Å². The first-order valence-corrected chi connectivity index (χ1v) is 7.42. The molecule has 1 fully saturated rings. The maximum Gasteiger partial charge on any atom is 0.224 e. The van der Waals surface area contributed by atoms with E-state index in [4.69, 9.17) is 11.6 Å². The fourth-order valence-corrected chi connectivity index (χ4v) is 2.71. The van der Waals surface area contributed by atoms with Crippen molar-refractivity contribution in [3.8, 4) is 0 Å². The van der Waals surface area contributed by atoms with Gasteiger partial charge < -0.3 is 5.32 Å². The molecule has 1 heterocycles. The highest BCUT2D eigenvalue weighted by molar-refractivity contribution is 6.30. The van der Waals surface area contributed by atoms with E-state index >= 15 is 0 Å². The molecule has 0 spiro atoms. The summed E-state index contributed by atoms with van der Waals surface area (Å²) in [4.78, 5) is 14.0. The lowest BCUT2D eigenvalue weighted by atomic mass is 10.0. The van der Waals surface area contributed by atoms with Crippen LogP contribution >= 0.6 is 11.6 Å². The van der Waals surface area contributed by atoms with Crippen molar-refractivity contribution in [3.63, 3.8) is 0 Å². The Balaban J connectivity index is 1.85. The normalized spacial score (nSPS) is 19.6. The number of halogens is 1. The lowest BCUT2D eigenvalue weighted by molar-refractivity contribution is -0.121. The largest absolute Gasteiger partial charge is 0.352 e. The molecule has 1 atom stereocenters. The summed E-state index contributed by atoms with van der Waals surface area (Å²) in [6.45, 7) is 6.49. The Hall–Kier alpha value is -1.32. The third-order valence-corrected chi connectivity index (χ3v) is 3.77. The zero-order valence-electron chi connectivity index (χ0n) is 11.6. The number of nitrogens with zero attached hydrogens (tertiary/aromatic N) is 1. The second-order valence-electron chi connectivity index (χ2n) is 5.26. The van der Waals surface area contributed by atoms with Crippen LogP contribution in [0.15, 0.2) is 36.9 Å². The number of benzene rings is 1. The highest BCUT2D eigenvalue weighted by Crippen LogP contribution is 2.16.